The molecule has 39 heavy (non-hydrogen) atoms. The summed E-state index contributed by atoms with van der Waals surface area (Å²) in [6.45, 7) is 0.158. The number of thiophene rings is 3. The van der Waals surface area contributed by atoms with E-state index in [4.69, 9.17) is 0 Å². The molecule has 0 atom stereocenters. The van der Waals surface area contributed by atoms with E-state index in [-0.39, 0.29) is 6.71 Å². The number of nitrogens with zero attached hydrogens (tertiary/aromatic N) is 1. The Morgan fingerprint density at radius 1 is 0.436 bits per heavy atom. The van der Waals surface area contributed by atoms with Crippen molar-refractivity contribution < 1.29 is 0 Å². The molecule has 9 rings (SSSR count). The highest BCUT2D eigenvalue weighted by Gasteiger charge is 2.40. The number of hydrogen-bond acceptors (Lipinski definition) is 4. The summed E-state index contributed by atoms with van der Waals surface area (Å²) in [5.74, 6) is 0. The van der Waals surface area contributed by atoms with Gasteiger partial charge >= 0.3 is 0 Å². The average Bonchev–Trinajstić information content (AvgIpc) is 3.67. The first-order valence-electron chi connectivity index (χ1n) is 13.1. The summed E-state index contributed by atoms with van der Waals surface area (Å²) in [5, 5.41) is 8.11. The van der Waals surface area contributed by atoms with E-state index in [0.717, 1.165) is 0 Å². The summed E-state index contributed by atoms with van der Waals surface area (Å²) in [4.78, 5) is 2.52. The molecule has 1 aliphatic heterocycles. The highest BCUT2D eigenvalue weighted by molar-refractivity contribution is 7.30. The molecule has 0 radical (unpaired) electrons. The van der Waals surface area contributed by atoms with Crippen LogP contribution < -0.4 is 21.3 Å². The SMILES string of the molecule is c1ccc(N2c3sc4ccccc4c3B(c3ccc4sc5ccccc5c4c3)c3c2sc2ccccc32)cc1. The minimum Gasteiger partial charge on any atom is -0.294 e. The van der Waals surface area contributed by atoms with Crippen molar-refractivity contribution in [1.82, 2.24) is 0 Å². The van der Waals surface area contributed by atoms with Crippen LogP contribution in [0.5, 0.6) is 0 Å². The smallest absolute Gasteiger partial charge is 0.250 e. The van der Waals surface area contributed by atoms with Gasteiger partial charge in [-0.15, -0.1) is 34.0 Å². The van der Waals surface area contributed by atoms with Gasteiger partial charge in [0, 0.05) is 29.9 Å². The van der Waals surface area contributed by atoms with Gasteiger partial charge in [-0.3, -0.25) is 4.90 Å². The second kappa shape index (κ2) is 8.30. The summed E-state index contributed by atoms with van der Waals surface area (Å²) < 4.78 is 5.39. The van der Waals surface area contributed by atoms with E-state index in [1.807, 2.05) is 34.0 Å². The van der Waals surface area contributed by atoms with Crippen molar-refractivity contribution in [2.75, 3.05) is 4.90 Å². The average molecular weight is 550 g/mol. The van der Waals surface area contributed by atoms with Gasteiger partial charge in [0.15, 0.2) is 0 Å². The fourth-order valence-corrected chi connectivity index (χ4v) is 9.98. The van der Waals surface area contributed by atoms with Crippen LogP contribution in [0.1, 0.15) is 0 Å². The minimum atomic E-state index is 0.158. The molecule has 0 unspecified atom stereocenters. The van der Waals surface area contributed by atoms with Crippen LogP contribution in [-0.4, -0.2) is 6.71 Å². The number of hydrogen-bond donors (Lipinski definition) is 0. The van der Waals surface area contributed by atoms with Gasteiger partial charge in [-0.1, -0.05) is 90.4 Å². The molecule has 0 N–H and O–H groups in total. The Kier molecular flexibility index (Phi) is 4.68. The van der Waals surface area contributed by atoms with Gasteiger partial charge in [0.2, 0.25) is 0 Å². The summed E-state index contributed by atoms with van der Waals surface area (Å²) in [6.07, 6.45) is 0. The third kappa shape index (κ3) is 3.12. The predicted molar refractivity (Wildman–Crippen MR) is 176 cm³/mol. The Labute approximate surface area is 238 Å². The Morgan fingerprint density at radius 2 is 0.949 bits per heavy atom. The van der Waals surface area contributed by atoms with Crippen molar-refractivity contribution in [3.05, 3.63) is 121 Å². The summed E-state index contributed by atoms with van der Waals surface area (Å²) >= 11 is 5.72. The Balaban J connectivity index is 1.42. The van der Waals surface area contributed by atoms with Crippen LogP contribution >= 0.6 is 34.0 Å². The quantitative estimate of drug-likeness (QED) is 0.195. The van der Waals surface area contributed by atoms with E-state index in [9.17, 15) is 0 Å². The first-order chi connectivity index (χ1) is 19.3. The zero-order chi connectivity index (χ0) is 25.5. The first kappa shape index (κ1) is 22.0. The summed E-state index contributed by atoms with van der Waals surface area (Å²) in [5.41, 5.74) is 5.44. The topological polar surface area (TPSA) is 3.24 Å². The van der Waals surface area contributed by atoms with Crippen LogP contribution in [0.25, 0.3) is 40.3 Å². The van der Waals surface area contributed by atoms with Gasteiger partial charge in [-0.25, -0.2) is 0 Å². The molecule has 3 aromatic heterocycles. The zero-order valence-corrected chi connectivity index (χ0v) is 23.2. The molecule has 0 spiro atoms. The largest absolute Gasteiger partial charge is 0.294 e. The van der Waals surface area contributed by atoms with Crippen molar-refractivity contribution in [2.45, 2.75) is 0 Å². The maximum atomic E-state index is 2.52. The molecule has 0 bridgehead atoms. The van der Waals surface area contributed by atoms with E-state index in [1.54, 1.807) is 0 Å². The van der Waals surface area contributed by atoms with Crippen LogP contribution in [-0.2, 0) is 0 Å². The third-order valence-electron chi connectivity index (χ3n) is 7.96. The predicted octanol–water partition coefficient (Wildman–Crippen LogP) is 8.78. The number of para-hydroxylation sites is 1. The molecular weight excluding hydrogens is 529 g/mol. The molecule has 5 heteroatoms. The second-order valence-electron chi connectivity index (χ2n) is 10.1. The lowest BCUT2D eigenvalue weighted by Gasteiger charge is -2.32. The Bertz CT molecular complexity index is 2120. The van der Waals surface area contributed by atoms with Crippen LogP contribution in [0, 0.1) is 0 Å². The van der Waals surface area contributed by atoms with E-state index < -0.39 is 0 Å². The fourth-order valence-electron chi connectivity index (χ4n) is 6.30. The summed E-state index contributed by atoms with van der Waals surface area (Å²) in [6, 6.07) is 44.8. The Hall–Kier alpha value is -3.90. The maximum absolute atomic E-state index is 2.52. The van der Waals surface area contributed by atoms with Crippen LogP contribution in [0.4, 0.5) is 15.7 Å². The fraction of sp³-hybridized carbons (Fsp3) is 0. The first-order valence-corrected chi connectivity index (χ1v) is 15.6. The lowest BCUT2D eigenvalue weighted by Crippen LogP contribution is -2.56. The van der Waals surface area contributed by atoms with Crippen LogP contribution in [0.15, 0.2) is 121 Å². The molecule has 5 aromatic carbocycles. The van der Waals surface area contributed by atoms with Gasteiger partial charge < -0.3 is 0 Å². The molecule has 0 saturated carbocycles. The summed E-state index contributed by atoms with van der Waals surface area (Å²) in [7, 11) is 0. The molecule has 1 nitrogen and oxygen atoms in total. The number of benzene rings is 5. The lowest BCUT2D eigenvalue weighted by molar-refractivity contribution is 1.37. The van der Waals surface area contributed by atoms with Gasteiger partial charge in [0.25, 0.3) is 6.71 Å². The Morgan fingerprint density at radius 3 is 1.59 bits per heavy atom. The van der Waals surface area contributed by atoms with Gasteiger partial charge in [-0.2, -0.15) is 0 Å². The lowest BCUT2D eigenvalue weighted by atomic mass is 9.35. The number of fused-ring (bicyclic) bond motifs is 9. The highest BCUT2D eigenvalue weighted by Crippen LogP contribution is 2.47. The monoisotopic (exact) mass is 549 g/mol. The van der Waals surface area contributed by atoms with Crippen molar-refractivity contribution in [1.29, 1.82) is 0 Å². The van der Waals surface area contributed by atoms with E-state index in [1.165, 1.54) is 72.4 Å². The normalized spacial score (nSPS) is 13.0. The zero-order valence-electron chi connectivity index (χ0n) is 20.8. The van der Waals surface area contributed by atoms with E-state index in [2.05, 4.69) is 126 Å². The molecule has 0 saturated heterocycles. The molecule has 0 fully saturated rings. The van der Waals surface area contributed by atoms with Gasteiger partial charge in [-0.05, 0) is 63.5 Å². The maximum Gasteiger partial charge on any atom is 0.250 e. The highest BCUT2D eigenvalue weighted by atomic mass is 32.1. The minimum absolute atomic E-state index is 0.158. The van der Waals surface area contributed by atoms with Crippen molar-refractivity contribution in [3.63, 3.8) is 0 Å². The molecule has 1 aliphatic rings. The molecule has 0 aliphatic carbocycles. The number of anilines is 3. The number of rotatable bonds is 2. The van der Waals surface area contributed by atoms with Crippen molar-refractivity contribution >= 4 is 113 Å². The van der Waals surface area contributed by atoms with E-state index in [0.29, 0.717) is 0 Å². The van der Waals surface area contributed by atoms with Gasteiger partial charge in [0.1, 0.15) is 0 Å². The van der Waals surface area contributed by atoms with Crippen molar-refractivity contribution in [3.8, 4) is 0 Å². The molecule has 182 valence electrons. The molecule has 8 aromatic rings. The standard InChI is InChI=1S/C34H20BNS3/c1-2-10-22(11-3-1)36-33-31(24-13-5-8-16-28(24)38-33)35(32-25-14-6-9-17-29(25)39-34(32)36)21-18-19-30-26(20-21)23-12-4-7-15-27(23)37-30/h1-20H. The molecular formula is C34H20BNS3. The van der Waals surface area contributed by atoms with Crippen LogP contribution in [0.2, 0.25) is 0 Å². The molecule has 4 heterocycles. The molecule has 0 amide bonds. The van der Waals surface area contributed by atoms with Crippen LogP contribution in [0.3, 0.4) is 0 Å². The van der Waals surface area contributed by atoms with Gasteiger partial charge in [0.05, 0.1) is 10.0 Å². The third-order valence-corrected chi connectivity index (χ3v) is 11.5. The second-order valence-corrected chi connectivity index (χ2v) is 13.2. The van der Waals surface area contributed by atoms with Crippen molar-refractivity contribution in [2.24, 2.45) is 0 Å². The van der Waals surface area contributed by atoms with E-state index >= 15 is 0 Å².